The second-order valence-electron chi connectivity index (χ2n) is 3.39. The highest BCUT2D eigenvalue weighted by Gasteiger charge is 2.16. The normalized spacial score (nSPS) is 12.3. The minimum Gasteiger partial charge on any atom is -0.392 e. The van der Waals surface area contributed by atoms with E-state index in [0.29, 0.717) is 0 Å². The summed E-state index contributed by atoms with van der Waals surface area (Å²) in [4.78, 5) is 16.5. The molecule has 1 amide bonds. The average Bonchev–Trinajstić information content (AvgIpc) is 2.16. The molecule has 0 aliphatic carbocycles. The molecule has 0 saturated heterocycles. The molecule has 0 fully saturated rings. The molecule has 1 unspecified atom stereocenters. The van der Waals surface area contributed by atoms with E-state index in [4.69, 9.17) is 5.11 Å². The average molecular weight is 212 g/mol. The number of amides is 1. The highest BCUT2D eigenvalue weighted by molar-refractivity contribution is 5.94. The van der Waals surface area contributed by atoms with Crippen molar-refractivity contribution in [3.63, 3.8) is 0 Å². The van der Waals surface area contributed by atoms with E-state index in [-0.39, 0.29) is 12.1 Å². The smallest absolute Gasteiger partial charge is 0.256 e. The van der Waals surface area contributed by atoms with Crippen LogP contribution in [-0.2, 0) is 0 Å². The Morgan fingerprint density at radius 2 is 2.40 bits per heavy atom. The van der Waals surface area contributed by atoms with E-state index in [0.717, 1.165) is 6.20 Å². The zero-order valence-corrected chi connectivity index (χ0v) is 8.64. The van der Waals surface area contributed by atoms with E-state index >= 15 is 0 Å². The number of halogens is 1. The summed E-state index contributed by atoms with van der Waals surface area (Å²) in [5.74, 6) is -1.12. The van der Waals surface area contributed by atoms with Crippen LogP contribution in [0.2, 0.25) is 0 Å². The van der Waals surface area contributed by atoms with Gasteiger partial charge >= 0.3 is 0 Å². The van der Waals surface area contributed by atoms with Crippen molar-refractivity contribution >= 4 is 5.91 Å². The van der Waals surface area contributed by atoms with Gasteiger partial charge in [0.05, 0.1) is 17.9 Å². The van der Waals surface area contributed by atoms with Crippen molar-refractivity contribution in [3.05, 3.63) is 29.8 Å². The predicted octanol–water partition coefficient (Wildman–Crippen LogP) is 0.673. The molecular formula is C10H13FN2O2. The molecule has 0 bridgehead atoms. The summed E-state index contributed by atoms with van der Waals surface area (Å²) in [6, 6.07) is 1.32. The highest BCUT2D eigenvalue weighted by Crippen LogP contribution is 2.07. The summed E-state index contributed by atoms with van der Waals surface area (Å²) in [5, 5.41) is 9.09. The fraction of sp³-hybridized carbons (Fsp3) is 0.400. The molecule has 1 atom stereocenters. The van der Waals surface area contributed by atoms with Gasteiger partial charge in [0, 0.05) is 19.8 Å². The number of aromatic nitrogens is 1. The quantitative estimate of drug-likeness (QED) is 0.801. The summed E-state index contributed by atoms with van der Waals surface area (Å²) in [6.07, 6.45) is 1.71. The highest BCUT2D eigenvalue weighted by atomic mass is 19.1. The molecule has 1 N–H and O–H groups in total. The number of nitrogens with zero attached hydrogens (tertiary/aromatic N) is 2. The van der Waals surface area contributed by atoms with E-state index in [1.165, 1.54) is 24.2 Å². The standard InChI is InChI=1S/C10H13FN2O2/c1-7(14)6-13(2)10(15)8-3-4-12-5-9(8)11/h3-5,7,14H,6H2,1-2H3. The van der Waals surface area contributed by atoms with Crippen molar-refractivity contribution in [2.24, 2.45) is 0 Å². The molecule has 1 aromatic rings. The summed E-state index contributed by atoms with van der Waals surface area (Å²) in [7, 11) is 1.51. The van der Waals surface area contributed by atoms with Gasteiger partial charge in [0.25, 0.3) is 5.91 Å². The van der Waals surface area contributed by atoms with Gasteiger partial charge in [-0.3, -0.25) is 9.78 Å². The number of aliphatic hydroxyl groups is 1. The van der Waals surface area contributed by atoms with Crippen LogP contribution in [0.5, 0.6) is 0 Å². The van der Waals surface area contributed by atoms with E-state index < -0.39 is 17.8 Å². The fourth-order valence-electron chi connectivity index (χ4n) is 1.23. The molecule has 1 aromatic heterocycles. The SMILES string of the molecule is CC(O)CN(C)C(=O)c1ccncc1F. The first-order chi connectivity index (χ1) is 7.02. The van der Waals surface area contributed by atoms with E-state index in [2.05, 4.69) is 4.98 Å². The summed E-state index contributed by atoms with van der Waals surface area (Å²) in [5.41, 5.74) is -0.0341. The van der Waals surface area contributed by atoms with Crippen LogP contribution in [0, 0.1) is 5.82 Å². The van der Waals surface area contributed by atoms with Gasteiger partial charge in [0.15, 0.2) is 5.82 Å². The monoisotopic (exact) mass is 212 g/mol. The Labute approximate surface area is 87.4 Å². The number of rotatable bonds is 3. The second kappa shape index (κ2) is 4.84. The van der Waals surface area contributed by atoms with Gasteiger partial charge in [-0.2, -0.15) is 0 Å². The molecule has 0 radical (unpaired) electrons. The molecule has 5 heteroatoms. The van der Waals surface area contributed by atoms with E-state index in [1.54, 1.807) is 6.92 Å². The first-order valence-corrected chi connectivity index (χ1v) is 4.55. The van der Waals surface area contributed by atoms with Gasteiger partial charge in [-0.1, -0.05) is 0 Å². The first kappa shape index (κ1) is 11.6. The molecule has 0 aliphatic rings. The van der Waals surface area contributed by atoms with Gasteiger partial charge in [-0.05, 0) is 13.0 Å². The molecule has 0 aromatic carbocycles. The van der Waals surface area contributed by atoms with Crippen LogP contribution in [0.15, 0.2) is 18.5 Å². The Balaban J connectivity index is 2.81. The van der Waals surface area contributed by atoms with Crippen molar-refractivity contribution in [1.82, 2.24) is 9.88 Å². The molecule has 1 rings (SSSR count). The Bertz CT molecular complexity index is 355. The Hall–Kier alpha value is -1.49. The van der Waals surface area contributed by atoms with Gasteiger partial charge in [-0.15, -0.1) is 0 Å². The van der Waals surface area contributed by atoms with E-state index in [9.17, 15) is 9.18 Å². The van der Waals surface area contributed by atoms with Crippen molar-refractivity contribution in [3.8, 4) is 0 Å². The lowest BCUT2D eigenvalue weighted by Crippen LogP contribution is -2.33. The Kier molecular flexibility index (Phi) is 3.74. The minimum absolute atomic E-state index is 0.0341. The van der Waals surface area contributed by atoms with Crippen LogP contribution in [-0.4, -0.2) is 40.6 Å². The number of hydrogen-bond donors (Lipinski definition) is 1. The maximum atomic E-state index is 13.2. The van der Waals surface area contributed by atoms with Crippen LogP contribution in [0.4, 0.5) is 4.39 Å². The third kappa shape index (κ3) is 2.99. The number of pyridine rings is 1. The number of carbonyl (C=O) groups excluding carboxylic acids is 1. The van der Waals surface area contributed by atoms with Crippen LogP contribution < -0.4 is 0 Å². The molecular weight excluding hydrogens is 199 g/mol. The Morgan fingerprint density at radius 3 is 2.93 bits per heavy atom. The summed E-state index contributed by atoms with van der Waals surface area (Å²) in [6.45, 7) is 1.73. The number of likely N-dealkylation sites (N-methyl/N-ethyl adjacent to an activating group) is 1. The van der Waals surface area contributed by atoms with Crippen LogP contribution in [0.25, 0.3) is 0 Å². The van der Waals surface area contributed by atoms with Gasteiger partial charge in [-0.25, -0.2) is 4.39 Å². The molecule has 0 spiro atoms. The molecule has 4 nitrogen and oxygen atoms in total. The topological polar surface area (TPSA) is 53.4 Å². The van der Waals surface area contributed by atoms with E-state index in [1.807, 2.05) is 0 Å². The lowest BCUT2D eigenvalue weighted by molar-refractivity contribution is 0.0699. The largest absolute Gasteiger partial charge is 0.392 e. The molecule has 0 saturated carbocycles. The van der Waals surface area contributed by atoms with Gasteiger partial charge < -0.3 is 10.0 Å². The number of carbonyl (C=O) groups is 1. The molecule has 0 aliphatic heterocycles. The zero-order chi connectivity index (χ0) is 11.4. The molecule has 1 heterocycles. The summed E-state index contributed by atoms with van der Waals surface area (Å²) >= 11 is 0. The van der Waals surface area contributed by atoms with Crippen molar-refractivity contribution in [2.75, 3.05) is 13.6 Å². The maximum Gasteiger partial charge on any atom is 0.256 e. The van der Waals surface area contributed by atoms with Crippen molar-refractivity contribution in [2.45, 2.75) is 13.0 Å². The molecule has 15 heavy (non-hydrogen) atoms. The number of hydrogen-bond acceptors (Lipinski definition) is 3. The van der Waals surface area contributed by atoms with Crippen molar-refractivity contribution in [1.29, 1.82) is 0 Å². The lowest BCUT2D eigenvalue weighted by atomic mass is 10.2. The molecule has 82 valence electrons. The predicted molar refractivity (Wildman–Crippen MR) is 52.8 cm³/mol. The first-order valence-electron chi connectivity index (χ1n) is 4.55. The summed E-state index contributed by atoms with van der Waals surface area (Å²) < 4.78 is 13.2. The van der Waals surface area contributed by atoms with Crippen LogP contribution in [0.3, 0.4) is 0 Å². The zero-order valence-electron chi connectivity index (χ0n) is 8.64. The number of aliphatic hydroxyl groups excluding tert-OH is 1. The third-order valence-corrected chi connectivity index (χ3v) is 1.89. The second-order valence-corrected chi connectivity index (χ2v) is 3.39. The maximum absolute atomic E-state index is 13.2. The fourth-order valence-corrected chi connectivity index (χ4v) is 1.23. The van der Waals surface area contributed by atoms with Crippen molar-refractivity contribution < 1.29 is 14.3 Å². The van der Waals surface area contributed by atoms with Gasteiger partial charge in [0.1, 0.15) is 0 Å². The van der Waals surface area contributed by atoms with Gasteiger partial charge in [0.2, 0.25) is 0 Å². The minimum atomic E-state index is -0.653. The third-order valence-electron chi connectivity index (χ3n) is 1.89. The van der Waals surface area contributed by atoms with Crippen LogP contribution >= 0.6 is 0 Å². The van der Waals surface area contributed by atoms with Crippen LogP contribution in [0.1, 0.15) is 17.3 Å². The Morgan fingerprint density at radius 1 is 1.73 bits per heavy atom. The lowest BCUT2D eigenvalue weighted by Gasteiger charge is -2.18.